The molecule has 1 heteroatoms. The van der Waals surface area contributed by atoms with Gasteiger partial charge in [-0.2, -0.15) is 0 Å². The number of phenols is 1. The van der Waals surface area contributed by atoms with Crippen molar-refractivity contribution < 1.29 is 5.11 Å². The number of allylic oxidation sites excluding steroid dienone is 4. The Morgan fingerprint density at radius 2 is 1.11 bits per heavy atom. The van der Waals surface area contributed by atoms with Gasteiger partial charge in [0.25, 0.3) is 0 Å². The van der Waals surface area contributed by atoms with E-state index in [1.165, 1.54) is 38.2 Å². The third-order valence-electron chi connectivity index (χ3n) is 7.72. The molecular weight excluding hydrogens is 448 g/mol. The van der Waals surface area contributed by atoms with Crippen molar-refractivity contribution in [1.82, 2.24) is 0 Å². The van der Waals surface area contributed by atoms with E-state index in [-0.39, 0.29) is 0 Å². The summed E-state index contributed by atoms with van der Waals surface area (Å²) >= 11 is 0. The van der Waals surface area contributed by atoms with Gasteiger partial charge < -0.3 is 5.11 Å². The van der Waals surface area contributed by atoms with Gasteiger partial charge in [0.15, 0.2) is 0 Å². The number of hydrogen-bond donors (Lipinski definition) is 1. The fourth-order valence-corrected chi connectivity index (χ4v) is 6.02. The lowest BCUT2D eigenvalue weighted by Crippen LogP contribution is -2.01. The summed E-state index contributed by atoms with van der Waals surface area (Å²) in [5.74, 6) is 0.660. The molecule has 37 heavy (non-hydrogen) atoms. The van der Waals surface area contributed by atoms with Gasteiger partial charge in [0.05, 0.1) is 0 Å². The maximum Gasteiger partial charge on any atom is 0.123 e. The van der Waals surface area contributed by atoms with Gasteiger partial charge in [0.1, 0.15) is 5.75 Å². The van der Waals surface area contributed by atoms with Crippen LogP contribution in [0.25, 0.3) is 49.0 Å². The van der Waals surface area contributed by atoms with Crippen LogP contribution in [-0.2, 0) is 0 Å². The summed E-state index contributed by atoms with van der Waals surface area (Å²) in [4.78, 5) is 0. The van der Waals surface area contributed by atoms with E-state index in [0.717, 1.165) is 28.3 Å². The lowest BCUT2D eigenvalue weighted by atomic mass is 9.82. The number of fused-ring (bicyclic) bond motifs is 3. The molecule has 1 N–H and O–H groups in total. The molecule has 0 aliphatic heterocycles. The summed E-state index contributed by atoms with van der Waals surface area (Å²) in [6.45, 7) is 0. The molecule has 0 saturated carbocycles. The van der Waals surface area contributed by atoms with Gasteiger partial charge in [0, 0.05) is 17.0 Å². The Bertz CT molecular complexity index is 1810. The van der Waals surface area contributed by atoms with Crippen molar-refractivity contribution in [3.63, 3.8) is 0 Å². The molecule has 6 aromatic carbocycles. The van der Waals surface area contributed by atoms with E-state index >= 15 is 0 Å². The Balaban J connectivity index is 1.41. The minimum Gasteiger partial charge on any atom is -0.507 e. The fraction of sp³-hybridized carbons (Fsp3) is 0.0556. The molecule has 0 fully saturated rings. The second-order valence-corrected chi connectivity index (χ2v) is 9.79. The van der Waals surface area contributed by atoms with E-state index in [1.54, 1.807) is 6.07 Å². The van der Waals surface area contributed by atoms with Crippen molar-refractivity contribution >= 4 is 37.9 Å². The standard InChI is InChI=1S/C36H26O/c37-34-19-8-7-17-33(34)36-31-15-5-3-13-29(31)35(30-14-4-6-16-32(30)36)26-22-20-25(21-23-26)28-18-9-11-24-10-1-2-12-27(24)28/h1-20,22-23,25,37H,21H2. The molecule has 0 saturated heterocycles. The molecule has 176 valence electrons. The van der Waals surface area contributed by atoms with E-state index in [0.29, 0.717) is 11.7 Å². The van der Waals surface area contributed by atoms with E-state index in [2.05, 4.69) is 109 Å². The molecule has 1 unspecified atom stereocenters. The van der Waals surface area contributed by atoms with Gasteiger partial charge in [-0.05, 0) is 61.5 Å². The average Bonchev–Trinajstić information content (AvgIpc) is 2.96. The Kier molecular flexibility index (Phi) is 5.15. The minimum absolute atomic E-state index is 0.306. The molecule has 1 nitrogen and oxygen atoms in total. The Morgan fingerprint density at radius 1 is 0.541 bits per heavy atom. The van der Waals surface area contributed by atoms with Gasteiger partial charge in [-0.1, -0.05) is 127 Å². The van der Waals surface area contributed by atoms with Crippen LogP contribution in [0.2, 0.25) is 0 Å². The van der Waals surface area contributed by atoms with Crippen molar-refractivity contribution in [2.24, 2.45) is 0 Å². The largest absolute Gasteiger partial charge is 0.507 e. The summed E-state index contributed by atoms with van der Waals surface area (Å²) in [6.07, 6.45) is 8.05. The second kappa shape index (κ2) is 8.80. The predicted octanol–water partition coefficient (Wildman–Crippen LogP) is 9.65. The van der Waals surface area contributed by atoms with Gasteiger partial charge >= 0.3 is 0 Å². The second-order valence-electron chi connectivity index (χ2n) is 9.79. The van der Waals surface area contributed by atoms with Crippen LogP contribution in [0.3, 0.4) is 0 Å². The van der Waals surface area contributed by atoms with Gasteiger partial charge in [0.2, 0.25) is 0 Å². The van der Waals surface area contributed by atoms with Crippen molar-refractivity contribution in [3.05, 3.63) is 145 Å². The van der Waals surface area contributed by atoms with Crippen LogP contribution in [0, 0.1) is 0 Å². The Morgan fingerprint density at radius 3 is 1.76 bits per heavy atom. The molecule has 0 aromatic heterocycles. The number of phenolic OH excluding ortho intramolecular Hbond substituents is 1. The zero-order valence-electron chi connectivity index (χ0n) is 20.4. The van der Waals surface area contributed by atoms with Crippen molar-refractivity contribution in [2.45, 2.75) is 12.3 Å². The van der Waals surface area contributed by atoms with E-state index < -0.39 is 0 Å². The van der Waals surface area contributed by atoms with Crippen LogP contribution in [0.1, 0.15) is 23.5 Å². The fourth-order valence-electron chi connectivity index (χ4n) is 6.02. The SMILES string of the molecule is Oc1ccccc1-c1c2ccccc2c(C2=CCC(c3cccc4ccccc34)C=C2)c2ccccc12. The first kappa shape index (κ1) is 21.6. The summed E-state index contributed by atoms with van der Waals surface area (Å²) < 4.78 is 0. The molecule has 0 radical (unpaired) electrons. The highest BCUT2D eigenvalue weighted by Crippen LogP contribution is 2.45. The average molecular weight is 475 g/mol. The van der Waals surface area contributed by atoms with Crippen molar-refractivity contribution in [2.75, 3.05) is 0 Å². The molecule has 0 heterocycles. The molecule has 0 amide bonds. The Labute approximate surface area is 216 Å². The van der Waals surface area contributed by atoms with Crippen molar-refractivity contribution in [3.8, 4) is 16.9 Å². The third-order valence-corrected chi connectivity index (χ3v) is 7.72. The van der Waals surface area contributed by atoms with Crippen LogP contribution in [0.15, 0.2) is 133 Å². The molecule has 6 aromatic rings. The molecule has 1 aliphatic rings. The Hall–Kier alpha value is -4.62. The summed E-state index contributed by atoms with van der Waals surface area (Å²) in [6, 6.07) is 40.1. The van der Waals surface area contributed by atoms with E-state index in [9.17, 15) is 5.11 Å². The lowest BCUT2D eigenvalue weighted by molar-refractivity contribution is 0.477. The maximum atomic E-state index is 10.8. The molecule has 7 rings (SSSR count). The van der Waals surface area contributed by atoms with Gasteiger partial charge in [-0.15, -0.1) is 0 Å². The lowest BCUT2D eigenvalue weighted by Gasteiger charge is -2.22. The molecule has 1 aliphatic carbocycles. The van der Waals surface area contributed by atoms with Gasteiger partial charge in [-0.25, -0.2) is 0 Å². The third kappa shape index (κ3) is 3.55. The maximum absolute atomic E-state index is 10.8. The summed E-state index contributed by atoms with van der Waals surface area (Å²) in [5, 5.41) is 18.1. The highest BCUT2D eigenvalue weighted by molar-refractivity contribution is 6.20. The zero-order chi connectivity index (χ0) is 24.8. The smallest absolute Gasteiger partial charge is 0.123 e. The summed E-state index contributed by atoms with van der Waals surface area (Å²) in [5.41, 5.74) is 5.85. The first-order chi connectivity index (χ1) is 18.3. The molecule has 1 atom stereocenters. The first-order valence-electron chi connectivity index (χ1n) is 12.9. The first-order valence-corrected chi connectivity index (χ1v) is 12.9. The van der Waals surface area contributed by atoms with Gasteiger partial charge in [-0.3, -0.25) is 0 Å². The number of hydrogen-bond acceptors (Lipinski definition) is 1. The van der Waals surface area contributed by atoms with Crippen LogP contribution in [0.4, 0.5) is 0 Å². The molecule has 0 bridgehead atoms. The minimum atomic E-state index is 0.306. The molecule has 0 spiro atoms. The van der Waals surface area contributed by atoms with Crippen LogP contribution in [0.5, 0.6) is 5.75 Å². The van der Waals surface area contributed by atoms with Crippen LogP contribution >= 0.6 is 0 Å². The van der Waals surface area contributed by atoms with E-state index in [1.807, 2.05) is 18.2 Å². The van der Waals surface area contributed by atoms with E-state index in [4.69, 9.17) is 0 Å². The van der Waals surface area contributed by atoms with Crippen LogP contribution in [-0.4, -0.2) is 5.11 Å². The number of benzene rings is 6. The quantitative estimate of drug-likeness (QED) is 0.253. The highest BCUT2D eigenvalue weighted by Gasteiger charge is 2.20. The normalized spacial score (nSPS) is 15.4. The number of para-hydroxylation sites is 1. The summed E-state index contributed by atoms with van der Waals surface area (Å²) in [7, 11) is 0. The number of rotatable bonds is 3. The topological polar surface area (TPSA) is 20.2 Å². The van der Waals surface area contributed by atoms with Crippen LogP contribution < -0.4 is 0 Å². The zero-order valence-corrected chi connectivity index (χ0v) is 20.4. The van der Waals surface area contributed by atoms with Crippen molar-refractivity contribution in [1.29, 1.82) is 0 Å². The highest BCUT2D eigenvalue weighted by atomic mass is 16.3. The number of aromatic hydroxyl groups is 1. The molecular formula is C36H26O. The predicted molar refractivity (Wildman–Crippen MR) is 157 cm³/mol. The monoisotopic (exact) mass is 474 g/mol.